The molecule has 0 aliphatic carbocycles. The van der Waals surface area contributed by atoms with Crippen LogP contribution in [0.25, 0.3) is 0 Å². The minimum absolute atomic E-state index is 0.0467. The van der Waals surface area contributed by atoms with E-state index in [2.05, 4.69) is 18.7 Å². The number of ether oxygens (including phenoxy) is 2. The van der Waals surface area contributed by atoms with Crippen LogP contribution in [0.3, 0.4) is 0 Å². The third-order valence-corrected chi connectivity index (χ3v) is 4.91. The van der Waals surface area contributed by atoms with Crippen molar-refractivity contribution in [2.24, 2.45) is 5.73 Å². The van der Waals surface area contributed by atoms with Crippen LogP contribution in [-0.4, -0.2) is 54.5 Å². The average Bonchev–Trinajstić information content (AvgIpc) is 2.66. The third kappa shape index (κ3) is 2.20. The first-order valence-corrected chi connectivity index (χ1v) is 7.28. The molecule has 3 heterocycles. The second-order valence-corrected chi connectivity index (χ2v) is 6.83. The molecule has 2 N–H and O–H groups in total. The maximum absolute atomic E-state index is 6.16. The van der Waals surface area contributed by atoms with E-state index in [4.69, 9.17) is 15.2 Å². The van der Waals surface area contributed by atoms with Gasteiger partial charge in [0.2, 0.25) is 0 Å². The van der Waals surface area contributed by atoms with Crippen molar-refractivity contribution in [2.45, 2.75) is 62.9 Å². The van der Waals surface area contributed by atoms with Crippen molar-refractivity contribution in [2.75, 3.05) is 26.2 Å². The summed E-state index contributed by atoms with van der Waals surface area (Å²) in [6, 6.07) is 0. The summed E-state index contributed by atoms with van der Waals surface area (Å²) in [7, 11) is 0. The first-order valence-electron chi connectivity index (χ1n) is 7.28. The van der Waals surface area contributed by atoms with Crippen LogP contribution in [0.5, 0.6) is 0 Å². The van der Waals surface area contributed by atoms with Crippen LogP contribution in [-0.2, 0) is 9.47 Å². The van der Waals surface area contributed by atoms with Gasteiger partial charge in [-0.3, -0.25) is 4.90 Å². The lowest BCUT2D eigenvalue weighted by Crippen LogP contribution is -2.64. The van der Waals surface area contributed by atoms with Crippen molar-refractivity contribution in [3.8, 4) is 0 Å². The Morgan fingerprint density at radius 3 is 2.44 bits per heavy atom. The molecule has 0 amide bonds. The van der Waals surface area contributed by atoms with Crippen LogP contribution in [0.2, 0.25) is 0 Å². The van der Waals surface area contributed by atoms with E-state index >= 15 is 0 Å². The summed E-state index contributed by atoms with van der Waals surface area (Å²) < 4.78 is 11.8. The zero-order valence-electron chi connectivity index (χ0n) is 11.7. The van der Waals surface area contributed by atoms with Crippen LogP contribution in [0.4, 0.5) is 0 Å². The Hall–Kier alpha value is -0.160. The highest BCUT2D eigenvalue weighted by molar-refractivity contribution is 5.02. The molecule has 3 fully saturated rings. The van der Waals surface area contributed by atoms with E-state index in [1.807, 2.05) is 0 Å². The Labute approximate surface area is 110 Å². The second kappa shape index (κ2) is 4.44. The van der Waals surface area contributed by atoms with E-state index in [-0.39, 0.29) is 11.1 Å². The highest BCUT2D eigenvalue weighted by Gasteiger charge is 2.48. The Kier molecular flexibility index (Phi) is 3.17. The van der Waals surface area contributed by atoms with Crippen molar-refractivity contribution in [1.82, 2.24) is 4.90 Å². The summed E-state index contributed by atoms with van der Waals surface area (Å²) in [4.78, 5) is 2.61. The van der Waals surface area contributed by atoms with Gasteiger partial charge in [-0.15, -0.1) is 0 Å². The number of morpholine rings is 1. The molecule has 104 valence electrons. The van der Waals surface area contributed by atoms with E-state index < -0.39 is 0 Å². The predicted octanol–water partition coefficient (Wildman–Crippen LogP) is 1.14. The fraction of sp³-hybridized carbons (Fsp3) is 1.00. The standard InChI is InChI=1S/C14H26N2O2/c1-13(2)9-14(10-15,5-6-17-13)16-7-11-3-4-12(8-16)18-11/h11-12H,3-10,15H2,1-2H3. The zero-order valence-corrected chi connectivity index (χ0v) is 11.7. The van der Waals surface area contributed by atoms with Crippen molar-refractivity contribution in [3.05, 3.63) is 0 Å². The summed E-state index contributed by atoms with van der Waals surface area (Å²) in [5.74, 6) is 0. The Balaban J connectivity index is 1.78. The van der Waals surface area contributed by atoms with Crippen molar-refractivity contribution in [3.63, 3.8) is 0 Å². The molecule has 0 aromatic carbocycles. The molecule has 0 radical (unpaired) electrons. The Morgan fingerprint density at radius 1 is 1.22 bits per heavy atom. The summed E-state index contributed by atoms with van der Waals surface area (Å²) in [6.07, 6.45) is 5.43. The molecule has 3 aliphatic rings. The number of hydrogen-bond donors (Lipinski definition) is 1. The molecule has 18 heavy (non-hydrogen) atoms. The largest absolute Gasteiger partial charge is 0.375 e. The van der Waals surface area contributed by atoms with Crippen LogP contribution < -0.4 is 5.73 Å². The molecule has 0 aromatic heterocycles. The topological polar surface area (TPSA) is 47.7 Å². The molecule has 3 saturated heterocycles. The van der Waals surface area contributed by atoms with Gasteiger partial charge in [0.25, 0.3) is 0 Å². The quantitative estimate of drug-likeness (QED) is 0.802. The fourth-order valence-electron chi connectivity index (χ4n) is 4.02. The summed E-state index contributed by atoms with van der Waals surface area (Å²) in [6.45, 7) is 8.06. The number of nitrogens with zero attached hydrogens (tertiary/aromatic N) is 1. The smallest absolute Gasteiger partial charge is 0.0707 e. The highest BCUT2D eigenvalue weighted by Crippen LogP contribution is 2.39. The van der Waals surface area contributed by atoms with Crippen LogP contribution in [0.1, 0.15) is 39.5 Å². The van der Waals surface area contributed by atoms with E-state index in [1.165, 1.54) is 12.8 Å². The lowest BCUT2D eigenvalue weighted by Gasteiger charge is -2.52. The van der Waals surface area contributed by atoms with Gasteiger partial charge < -0.3 is 15.2 Å². The Morgan fingerprint density at radius 2 is 1.89 bits per heavy atom. The van der Waals surface area contributed by atoms with Gasteiger partial charge >= 0.3 is 0 Å². The average molecular weight is 254 g/mol. The molecular weight excluding hydrogens is 228 g/mol. The number of nitrogens with two attached hydrogens (primary N) is 1. The van der Waals surface area contributed by atoms with Gasteiger partial charge in [0.05, 0.1) is 17.8 Å². The molecule has 0 saturated carbocycles. The second-order valence-electron chi connectivity index (χ2n) is 6.83. The van der Waals surface area contributed by atoms with Gasteiger partial charge in [0.1, 0.15) is 0 Å². The first kappa shape index (κ1) is 12.9. The molecule has 4 nitrogen and oxygen atoms in total. The van der Waals surface area contributed by atoms with Crippen molar-refractivity contribution < 1.29 is 9.47 Å². The summed E-state index contributed by atoms with van der Waals surface area (Å²) in [5.41, 5.74) is 6.25. The molecule has 4 heteroatoms. The lowest BCUT2D eigenvalue weighted by atomic mass is 9.79. The van der Waals surface area contributed by atoms with Gasteiger partial charge in [-0.05, 0) is 39.5 Å². The van der Waals surface area contributed by atoms with E-state index in [0.29, 0.717) is 12.2 Å². The zero-order chi connectivity index (χ0) is 12.8. The molecule has 0 aromatic rings. The molecule has 3 rings (SSSR count). The van der Waals surface area contributed by atoms with Gasteiger partial charge in [0.15, 0.2) is 0 Å². The number of likely N-dealkylation sites (tertiary alicyclic amines) is 1. The highest BCUT2D eigenvalue weighted by atomic mass is 16.5. The summed E-state index contributed by atoms with van der Waals surface area (Å²) in [5, 5.41) is 0. The Bertz CT molecular complexity index is 309. The van der Waals surface area contributed by atoms with Crippen LogP contribution in [0.15, 0.2) is 0 Å². The lowest BCUT2D eigenvalue weighted by molar-refractivity contribution is -0.147. The molecule has 2 bridgehead atoms. The molecule has 3 unspecified atom stereocenters. The maximum Gasteiger partial charge on any atom is 0.0707 e. The number of fused-ring (bicyclic) bond motifs is 2. The van der Waals surface area contributed by atoms with Crippen LogP contribution in [0, 0.1) is 0 Å². The van der Waals surface area contributed by atoms with Crippen molar-refractivity contribution >= 4 is 0 Å². The molecule has 0 spiro atoms. The molecule has 3 aliphatic heterocycles. The third-order valence-electron chi connectivity index (χ3n) is 4.91. The van der Waals surface area contributed by atoms with Crippen LogP contribution >= 0.6 is 0 Å². The number of rotatable bonds is 2. The minimum Gasteiger partial charge on any atom is -0.375 e. The van der Waals surface area contributed by atoms with Gasteiger partial charge in [0, 0.05) is 31.8 Å². The van der Waals surface area contributed by atoms with E-state index in [9.17, 15) is 0 Å². The fourth-order valence-corrected chi connectivity index (χ4v) is 4.02. The normalized spacial score (nSPS) is 44.2. The van der Waals surface area contributed by atoms with E-state index in [1.54, 1.807) is 0 Å². The minimum atomic E-state index is -0.0467. The van der Waals surface area contributed by atoms with Gasteiger partial charge in [-0.1, -0.05) is 0 Å². The molecule has 3 atom stereocenters. The first-order chi connectivity index (χ1) is 8.53. The van der Waals surface area contributed by atoms with Gasteiger partial charge in [-0.25, -0.2) is 0 Å². The monoisotopic (exact) mass is 254 g/mol. The molecular formula is C14H26N2O2. The van der Waals surface area contributed by atoms with E-state index in [0.717, 1.165) is 39.1 Å². The summed E-state index contributed by atoms with van der Waals surface area (Å²) >= 11 is 0. The SMILES string of the molecule is CC1(C)CC(CN)(N2CC3CCC(C2)O3)CCO1. The number of hydrogen-bond acceptors (Lipinski definition) is 4. The predicted molar refractivity (Wildman–Crippen MR) is 70.5 cm³/mol. The van der Waals surface area contributed by atoms with Gasteiger partial charge in [-0.2, -0.15) is 0 Å². The maximum atomic E-state index is 6.16. The van der Waals surface area contributed by atoms with Crippen molar-refractivity contribution in [1.29, 1.82) is 0 Å².